The number of halogens is 3. The molecule has 0 spiro atoms. The topological polar surface area (TPSA) is 86.1 Å². The van der Waals surface area contributed by atoms with E-state index in [0.29, 0.717) is 36.3 Å². The van der Waals surface area contributed by atoms with E-state index in [1.54, 1.807) is 53.4 Å². The van der Waals surface area contributed by atoms with E-state index < -0.39 is 24.2 Å². The second-order valence-corrected chi connectivity index (χ2v) is 11.3. The molecular formula is C33H37ClF2N4O4. The summed E-state index contributed by atoms with van der Waals surface area (Å²) in [5.74, 6) is -3.91. The summed E-state index contributed by atoms with van der Waals surface area (Å²) in [6, 6.07) is 14.9. The van der Waals surface area contributed by atoms with Crippen LogP contribution in [0.3, 0.4) is 0 Å². The molecule has 2 aromatic carbocycles. The van der Waals surface area contributed by atoms with Crippen molar-refractivity contribution in [2.45, 2.75) is 44.6 Å². The largest absolute Gasteiger partial charge is 0.469 e. The molecule has 3 aromatic rings. The number of nitrogens with one attached hydrogen (secondary N) is 1. The molecule has 0 saturated carbocycles. The van der Waals surface area contributed by atoms with Crippen molar-refractivity contribution in [1.29, 1.82) is 0 Å². The summed E-state index contributed by atoms with van der Waals surface area (Å²) in [6.07, 6.45) is 3.60. The predicted octanol–water partition coefficient (Wildman–Crippen LogP) is 5.81. The van der Waals surface area contributed by atoms with Crippen LogP contribution in [0.5, 0.6) is 0 Å². The molecule has 2 aliphatic rings. The third-order valence-electron chi connectivity index (χ3n) is 8.25. The number of benzene rings is 2. The third-order valence-corrected chi connectivity index (χ3v) is 8.25. The van der Waals surface area contributed by atoms with Gasteiger partial charge in [0, 0.05) is 60.6 Å². The van der Waals surface area contributed by atoms with E-state index in [1.165, 1.54) is 17.2 Å². The summed E-state index contributed by atoms with van der Waals surface area (Å²) >= 11 is 0. The highest BCUT2D eigenvalue weighted by atomic mass is 35.5. The molecular weight excluding hydrogens is 590 g/mol. The summed E-state index contributed by atoms with van der Waals surface area (Å²) in [5.41, 5.74) is 1.76. The van der Waals surface area contributed by atoms with Gasteiger partial charge in [0.05, 0.1) is 18.4 Å². The third kappa shape index (κ3) is 7.19. The van der Waals surface area contributed by atoms with Crippen LogP contribution in [0.4, 0.5) is 20.2 Å². The molecule has 0 aliphatic carbocycles. The minimum Gasteiger partial charge on any atom is -0.469 e. The number of amides is 3. The molecule has 8 nitrogen and oxygen atoms in total. The van der Waals surface area contributed by atoms with Gasteiger partial charge in [0.2, 0.25) is 11.8 Å². The Labute approximate surface area is 262 Å². The van der Waals surface area contributed by atoms with Crippen LogP contribution < -0.4 is 10.2 Å². The number of fused-ring (bicyclic) bond motifs is 1. The van der Waals surface area contributed by atoms with Crippen LogP contribution >= 0.6 is 12.4 Å². The highest BCUT2D eigenvalue weighted by molar-refractivity contribution is 6.09. The first-order valence-corrected chi connectivity index (χ1v) is 14.4. The minimum atomic E-state index is -3.32. The van der Waals surface area contributed by atoms with Gasteiger partial charge in [0.25, 0.3) is 11.8 Å². The van der Waals surface area contributed by atoms with Crippen molar-refractivity contribution in [3.63, 3.8) is 0 Å². The fourth-order valence-electron chi connectivity index (χ4n) is 5.64. The highest BCUT2D eigenvalue weighted by Crippen LogP contribution is 2.43. The number of hydrogen-bond donors (Lipinski definition) is 1. The van der Waals surface area contributed by atoms with E-state index >= 15 is 8.78 Å². The van der Waals surface area contributed by atoms with Gasteiger partial charge in [-0.1, -0.05) is 18.2 Å². The van der Waals surface area contributed by atoms with E-state index in [0.717, 1.165) is 24.5 Å². The SMILES string of the molecule is Cc1ccoc1CC(=O)Nc1ccc(C(=O)N2CCC(F)(F)/C(=C\C(=O)N3CCC(N(C)C)CC3)c3ccccc32)cc1.Cl. The average molecular weight is 627 g/mol. The fourth-order valence-corrected chi connectivity index (χ4v) is 5.64. The van der Waals surface area contributed by atoms with Gasteiger partial charge in [0.15, 0.2) is 0 Å². The first-order chi connectivity index (χ1) is 20.5. The van der Waals surface area contributed by atoms with Crippen molar-refractivity contribution in [2.75, 3.05) is 43.9 Å². The van der Waals surface area contributed by atoms with E-state index in [1.807, 2.05) is 21.0 Å². The van der Waals surface area contributed by atoms with E-state index in [9.17, 15) is 14.4 Å². The van der Waals surface area contributed by atoms with Crippen molar-refractivity contribution in [3.05, 3.63) is 89.4 Å². The molecule has 0 unspecified atom stereocenters. The van der Waals surface area contributed by atoms with Gasteiger partial charge in [-0.3, -0.25) is 14.4 Å². The van der Waals surface area contributed by atoms with E-state index in [2.05, 4.69) is 10.2 Å². The summed E-state index contributed by atoms with van der Waals surface area (Å²) in [6.45, 7) is 2.63. The number of furan rings is 1. The van der Waals surface area contributed by atoms with Gasteiger partial charge in [-0.05, 0) is 75.8 Å². The molecule has 3 amide bonds. The zero-order valence-electron chi connectivity index (χ0n) is 25.0. The molecule has 3 heterocycles. The Morgan fingerprint density at radius 2 is 1.70 bits per heavy atom. The van der Waals surface area contributed by atoms with Crippen LogP contribution in [-0.2, 0) is 16.0 Å². The first-order valence-electron chi connectivity index (χ1n) is 14.4. The lowest BCUT2D eigenvalue weighted by Crippen LogP contribution is -2.44. The van der Waals surface area contributed by atoms with Crippen LogP contribution in [-0.4, -0.2) is 73.2 Å². The van der Waals surface area contributed by atoms with Gasteiger partial charge in [-0.15, -0.1) is 12.4 Å². The van der Waals surface area contributed by atoms with Crippen molar-refractivity contribution >= 4 is 47.1 Å². The molecule has 0 bridgehead atoms. The van der Waals surface area contributed by atoms with Crippen molar-refractivity contribution in [2.24, 2.45) is 0 Å². The number of anilines is 2. The standard InChI is InChI=1S/C33H36F2N4O4.ClH/c1-22-14-19-43-29(22)21-30(40)36-24-10-8-23(9-11-24)32(42)39-18-15-33(34,35)27(26-6-4-5-7-28(26)39)20-31(41)38-16-12-25(13-17-38)37(2)3;/h4-11,14,19-20,25H,12-13,15-18,21H2,1-3H3,(H,36,40);1H/b27-20-;. The lowest BCUT2D eigenvalue weighted by Gasteiger charge is -2.35. The van der Waals surface area contributed by atoms with Crippen LogP contribution in [0.15, 0.2) is 71.4 Å². The molecule has 1 aromatic heterocycles. The Balaban J connectivity index is 0.00000442. The number of allylic oxidation sites excluding steroid dienone is 1. The minimum absolute atomic E-state index is 0. The maximum absolute atomic E-state index is 15.6. The Hall–Kier alpha value is -4.02. The molecule has 234 valence electrons. The van der Waals surface area contributed by atoms with Crippen molar-refractivity contribution in [3.8, 4) is 0 Å². The number of likely N-dealkylation sites (tertiary alicyclic amines) is 1. The normalized spacial score (nSPS) is 17.5. The molecule has 1 N–H and O–H groups in total. The maximum Gasteiger partial charge on any atom is 0.275 e. The number of rotatable bonds is 6. The summed E-state index contributed by atoms with van der Waals surface area (Å²) in [4.78, 5) is 44.4. The molecule has 2 aliphatic heterocycles. The first kappa shape index (κ1) is 32.9. The number of hydrogen-bond acceptors (Lipinski definition) is 5. The monoisotopic (exact) mass is 626 g/mol. The number of carbonyl (C=O) groups is 3. The zero-order chi connectivity index (χ0) is 30.7. The smallest absolute Gasteiger partial charge is 0.275 e. The number of alkyl halides is 2. The maximum atomic E-state index is 15.6. The number of nitrogens with zero attached hydrogens (tertiary/aromatic N) is 3. The van der Waals surface area contributed by atoms with Gasteiger partial charge in [0.1, 0.15) is 5.76 Å². The van der Waals surface area contributed by atoms with Crippen LogP contribution in [0.25, 0.3) is 5.57 Å². The second-order valence-electron chi connectivity index (χ2n) is 11.3. The van der Waals surface area contributed by atoms with E-state index in [4.69, 9.17) is 4.42 Å². The molecule has 11 heteroatoms. The molecule has 5 rings (SSSR count). The number of piperidine rings is 1. The molecule has 0 radical (unpaired) electrons. The molecule has 44 heavy (non-hydrogen) atoms. The van der Waals surface area contributed by atoms with Crippen LogP contribution in [0.2, 0.25) is 0 Å². The lowest BCUT2D eigenvalue weighted by atomic mass is 9.96. The summed E-state index contributed by atoms with van der Waals surface area (Å²) in [5, 5.41) is 2.78. The Kier molecular flexibility index (Phi) is 10.3. The average Bonchev–Trinajstić information content (AvgIpc) is 3.35. The van der Waals surface area contributed by atoms with E-state index in [-0.39, 0.29) is 48.0 Å². The number of carbonyl (C=O) groups excluding carboxylic acids is 3. The Morgan fingerprint density at radius 3 is 2.34 bits per heavy atom. The summed E-state index contributed by atoms with van der Waals surface area (Å²) in [7, 11) is 3.99. The van der Waals surface area contributed by atoms with Crippen molar-refractivity contribution in [1.82, 2.24) is 9.80 Å². The molecule has 0 atom stereocenters. The molecule has 1 fully saturated rings. The summed E-state index contributed by atoms with van der Waals surface area (Å²) < 4.78 is 36.6. The van der Waals surface area contributed by atoms with Gasteiger partial charge in [-0.25, -0.2) is 8.78 Å². The molecule has 1 saturated heterocycles. The lowest BCUT2D eigenvalue weighted by molar-refractivity contribution is -0.127. The fraction of sp³-hybridized carbons (Fsp3) is 0.364. The van der Waals surface area contributed by atoms with Crippen LogP contribution in [0, 0.1) is 6.92 Å². The Morgan fingerprint density at radius 1 is 1.02 bits per heavy atom. The van der Waals surface area contributed by atoms with Crippen molar-refractivity contribution < 1.29 is 27.6 Å². The highest BCUT2D eigenvalue weighted by Gasteiger charge is 2.42. The van der Waals surface area contributed by atoms with Gasteiger partial charge >= 0.3 is 0 Å². The second kappa shape index (κ2) is 13.7. The Bertz CT molecular complexity index is 1530. The predicted molar refractivity (Wildman–Crippen MR) is 168 cm³/mol. The number of aryl methyl sites for hydroxylation is 1. The quantitative estimate of drug-likeness (QED) is 0.349. The van der Waals surface area contributed by atoms with Gasteiger partial charge < -0.3 is 24.4 Å². The van der Waals surface area contributed by atoms with Crippen LogP contribution in [0.1, 0.15) is 46.5 Å². The van der Waals surface area contributed by atoms with Gasteiger partial charge in [-0.2, -0.15) is 0 Å². The number of para-hydroxylation sites is 1. The zero-order valence-corrected chi connectivity index (χ0v) is 25.8.